The van der Waals surface area contributed by atoms with E-state index in [1.54, 1.807) is 6.07 Å². The average Bonchev–Trinajstić information content (AvgIpc) is 2.27. The molecule has 3 nitrogen and oxygen atoms in total. The highest BCUT2D eigenvalue weighted by Gasteiger charge is 2.15. The Morgan fingerprint density at radius 3 is 1.94 bits per heavy atom. The van der Waals surface area contributed by atoms with Crippen LogP contribution in [0.5, 0.6) is 5.75 Å². The van der Waals surface area contributed by atoms with Gasteiger partial charge in [-0.05, 0) is 59.7 Å². The fraction of sp³-hybridized carbons (Fsp3) is 0.571. The van der Waals surface area contributed by atoms with Gasteiger partial charge in [-0.3, -0.25) is 0 Å². The monoisotopic (exact) mass is 236 g/mol. The Labute approximate surface area is 105 Å². The smallest absolute Gasteiger partial charge is 0.120 e. The fourth-order valence-corrected chi connectivity index (χ4v) is 1.74. The van der Waals surface area contributed by atoms with E-state index < -0.39 is 0 Å². The van der Waals surface area contributed by atoms with Crippen LogP contribution in [0.25, 0.3) is 0 Å². The Kier molecular flexibility index (Phi) is 4.54. The van der Waals surface area contributed by atoms with Gasteiger partial charge in [-0.25, -0.2) is 0 Å². The van der Waals surface area contributed by atoms with Crippen molar-refractivity contribution in [1.82, 2.24) is 9.80 Å². The second-order valence-corrected chi connectivity index (χ2v) is 5.10. The maximum Gasteiger partial charge on any atom is 0.120 e. The summed E-state index contributed by atoms with van der Waals surface area (Å²) in [5.41, 5.74) is 2.22. The molecule has 0 spiro atoms. The summed E-state index contributed by atoms with van der Waals surface area (Å²) >= 11 is 0. The lowest BCUT2D eigenvalue weighted by Crippen LogP contribution is -2.19. The third-order valence-electron chi connectivity index (χ3n) is 3.53. The van der Waals surface area contributed by atoms with Crippen LogP contribution in [0.3, 0.4) is 0 Å². The molecule has 0 saturated carbocycles. The van der Waals surface area contributed by atoms with Gasteiger partial charge in [0.15, 0.2) is 0 Å². The molecule has 2 atom stereocenters. The number of benzene rings is 1. The zero-order valence-electron chi connectivity index (χ0n) is 11.7. The quantitative estimate of drug-likeness (QED) is 0.870. The van der Waals surface area contributed by atoms with Crippen molar-refractivity contribution in [3.05, 3.63) is 29.3 Å². The van der Waals surface area contributed by atoms with Gasteiger partial charge in [0, 0.05) is 17.6 Å². The second kappa shape index (κ2) is 5.52. The summed E-state index contributed by atoms with van der Waals surface area (Å²) in [5, 5.41) is 9.93. The molecule has 17 heavy (non-hydrogen) atoms. The molecule has 0 amide bonds. The number of nitrogens with zero attached hydrogens (tertiary/aromatic N) is 2. The first-order valence-electron chi connectivity index (χ1n) is 6.00. The molecule has 0 aromatic heterocycles. The largest absolute Gasteiger partial charge is 0.508 e. The van der Waals surface area contributed by atoms with Crippen molar-refractivity contribution in [3.63, 3.8) is 0 Å². The van der Waals surface area contributed by atoms with E-state index in [2.05, 4.69) is 43.8 Å². The predicted molar refractivity (Wildman–Crippen MR) is 72.3 cm³/mol. The first-order chi connectivity index (χ1) is 7.84. The highest BCUT2D eigenvalue weighted by molar-refractivity contribution is 5.39. The number of rotatable bonds is 4. The number of phenolic OH excluding ortho intramolecular Hbond substituents is 1. The molecular weight excluding hydrogens is 212 g/mol. The van der Waals surface area contributed by atoms with Gasteiger partial charge in [0.25, 0.3) is 0 Å². The lowest BCUT2D eigenvalue weighted by molar-refractivity contribution is 0.306. The van der Waals surface area contributed by atoms with Gasteiger partial charge in [0.2, 0.25) is 0 Å². The molecule has 0 fully saturated rings. The predicted octanol–water partition coefficient (Wildman–Crippen LogP) is 2.64. The molecule has 0 aliphatic rings. The minimum atomic E-state index is 0.212. The van der Waals surface area contributed by atoms with Crippen molar-refractivity contribution in [3.8, 4) is 5.75 Å². The minimum absolute atomic E-state index is 0.212. The summed E-state index contributed by atoms with van der Waals surface area (Å²) < 4.78 is 0. The number of hydrogen-bond donors (Lipinski definition) is 1. The first-order valence-corrected chi connectivity index (χ1v) is 6.00. The van der Waals surface area contributed by atoms with E-state index in [0.717, 1.165) is 5.56 Å². The molecule has 1 rings (SSSR count). The van der Waals surface area contributed by atoms with Crippen molar-refractivity contribution in [2.24, 2.45) is 0 Å². The normalized spacial score (nSPS) is 15.3. The first kappa shape index (κ1) is 14.0. The standard InChI is InChI=1S/C14H24N2O/c1-10(15(3)4)12-7-8-14(17)13(9-12)11(2)16(5)6/h7-11,17H,1-6H3. The number of hydrogen-bond acceptors (Lipinski definition) is 3. The van der Waals surface area contributed by atoms with E-state index in [1.165, 1.54) is 5.56 Å². The van der Waals surface area contributed by atoms with Crippen LogP contribution in [0.4, 0.5) is 0 Å². The number of aromatic hydroxyl groups is 1. The van der Waals surface area contributed by atoms with E-state index in [4.69, 9.17) is 0 Å². The molecule has 2 unspecified atom stereocenters. The minimum Gasteiger partial charge on any atom is -0.508 e. The highest BCUT2D eigenvalue weighted by Crippen LogP contribution is 2.30. The van der Waals surface area contributed by atoms with Crippen LogP contribution in [0.15, 0.2) is 18.2 Å². The summed E-state index contributed by atoms with van der Waals surface area (Å²) in [7, 11) is 8.16. The van der Waals surface area contributed by atoms with Crippen LogP contribution in [0.1, 0.15) is 37.1 Å². The van der Waals surface area contributed by atoms with Crippen molar-refractivity contribution < 1.29 is 5.11 Å². The van der Waals surface area contributed by atoms with E-state index in [1.807, 2.05) is 20.2 Å². The van der Waals surface area contributed by atoms with Crippen LogP contribution < -0.4 is 0 Å². The van der Waals surface area contributed by atoms with Crippen LogP contribution in [0.2, 0.25) is 0 Å². The summed E-state index contributed by atoms with van der Waals surface area (Å²) in [6, 6.07) is 6.45. The van der Waals surface area contributed by atoms with Crippen molar-refractivity contribution in [2.45, 2.75) is 25.9 Å². The fourth-order valence-electron chi connectivity index (χ4n) is 1.74. The molecule has 3 heteroatoms. The van der Waals surface area contributed by atoms with Crippen LogP contribution >= 0.6 is 0 Å². The third-order valence-corrected chi connectivity index (χ3v) is 3.53. The molecule has 1 aromatic carbocycles. The van der Waals surface area contributed by atoms with Crippen LogP contribution in [-0.2, 0) is 0 Å². The van der Waals surface area contributed by atoms with Gasteiger partial charge in [-0.15, -0.1) is 0 Å². The third kappa shape index (κ3) is 3.20. The molecule has 0 heterocycles. The lowest BCUT2D eigenvalue weighted by atomic mass is 9.99. The summed E-state index contributed by atoms with van der Waals surface area (Å²) in [6.07, 6.45) is 0. The Morgan fingerprint density at radius 2 is 1.47 bits per heavy atom. The molecule has 0 aliphatic heterocycles. The number of phenols is 1. The Balaban J connectivity index is 3.10. The molecule has 96 valence electrons. The zero-order chi connectivity index (χ0) is 13.2. The van der Waals surface area contributed by atoms with E-state index >= 15 is 0 Å². The molecule has 0 radical (unpaired) electrons. The Hall–Kier alpha value is -1.06. The molecule has 0 aliphatic carbocycles. The summed E-state index contributed by atoms with van der Waals surface area (Å²) in [4.78, 5) is 4.26. The van der Waals surface area contributed by atoms with Gasteiger partial charge >= 0.3 is 0 Å². The summed E-state index contributed by atoms with van der Waals surface area (Å²) in [5.74, 6) is 0.376. The molecule has 0 saturated heterocycles. The van der Waals surface area contributed by atoms with Crippen molar-refractivity contribution in [2.75, 3.05) is 28.2 Å². The van der Waals surface area contributed by atoms with Crippen molar-refractivity contribution >= 4 is 0 Å². The second-order valence-electron chi connectivity index (χ2n) is 5.10. The van der Waals surface area contributed by atoms with Gasteiger partial charge in [-0.1, -0.05) is 6.07 Å². The molecule has 1 aromatic rings. The van der Waals surface area contributed by atoms with Gasteiger partial charge in [0.05, 0.1) is 0 Å². The van der Waals surface area contributed by atoms with Crippen molar-refractivity contribution in [1.29, 1.82) is 0 Å². The van der Waals surface area contributed by atoms with E-state index in [-0.39, 0.29) is 6.04 Å². The van der Waals surface area contributed by atoms with E-state index in [9.17, 15) is 5.11 Å². The average molecular weight is 236 g/mol. The van der Waals surface area contributed by atoms with Gasteiger partial charge < -0.3 is 14.9 Å². The summed E-state index contributed by atoms with van der Waals surface area (Å²) in [6.45, 7) is 4.26. The SMILES string of the molecule is CC(c1ccc(O)c(C(C)N(C)C)c1)N(C)C. The van der Waals surface area contributed by atoms with E-state index in [0.29, 0.717) is 11.8 Å². The van der Waals surface area contributed by atoms with Crippen LogP contribution in [-0.4, -0.2) is 43.1 Å². The maximum atomic E-state index is 9.93. The highest BCUT2D eigenvalue weighted by atomic mass is 16.3. The maximum absolute atomic E-state index is 9.93. The van der Waals surface area contributed by atoms with Gasteiger partial charge in [0.1, 0.15) is 5.75 Å². The topological polar surface area (TPSA) is 26.7 Å². The molecule has 0 bridgehead atoms. The zero-order valence-corrected chi connectivity index (χ0v) is 11.7. The molecule has 1 N–H and O–H groups in total. The lowest BCUT2D eigenvalue weighted by Gasteiger charge is -2.25. The Morgan fingerprint density at radius 1 is 0.941 bits per heavy atom. The Bertz CT molecular complexity index is 374. The van der Waals surface area contributed by atoms with Crippen LogP contribution in [0, 0.1) is 0 Å². The molecular formula is C14H24N2O. The van der Waals surface area contributed by atoms with Gasteiger partial charge in [-0.2, -0.15) is 0 Å².